The Morgan fingerprint density at radius 2 is 1.25 bits per heavy atom. The molecule has 0 aliphatic carbocycles. The SMILES string of the molecule is Clc1cc(Cl)cc(CCc2ccc(-c3cccc(-c4ccccc4)c3)nc2)c1. The summed E-state index contributed by atoms with van der Waals surface area (Å²) in [5, 5.41) is 1.35. The average Bonchev–Trinajstić information content (AvgIpc) is 2.73. The van der Waals surface area contributed by atoms with Gasteiger partial charge in [-0.25, -0.2) is 0 Å². The smallest absolute Gasteiger partial charge is 0.0702 e. The van der Waals surface area contributed by atoms with E-state index in [1.165, 1.54) is 16.7 Å². The minimum absolute atomic E-state index is 0.675. The predicted molar refractivity (Wildman–Crippen MR) is 119 cm³/mol. The Morgan fingerprint density at radius 1 is 0.571 bits per heavy atom. The van der Waals surface area contributed by atoms with E-state index in [0.717, 1.165) is 29.7 Å². The standard InChI is InChI=1S/C25H19Cl2N/c26-23-13-19(14-24(27)16-23)10-9-18-11-12-25(28-17-18)22-8-4-7-21(15-22)20-5-2-1-3-6-20/h1-8,11-17H,9-10H2. The second kappa shape index (κ2) is 8.60. The molecule has 3 aromatic carbocycles. The third-order valence-corrected chi connectivity index (χ3v) is 5.15. The summed E-state index contributed by atoms with van der Waals surface area (Å²) in [5.41, 5.74) is 6.83. The van der Waals surface area contributed by atoms with E-state index in [1.54, 1.807) is 6.07 Å². The maximum absolute atomic E-state index is 6.08. The van der Waals surface area contributed by atoms with Gasteiger partial charge in [0.25, 0.3) is 0 Å². The lowest BCUT2D eigenvalue weighted by atomic mass is 10.0. The van der Waals surface area contributed by atoms with Gasteiger partial charge in [-0.3, -0.25) is 4.98 Å². The Hall–Kier alpha value is -2.61. The molecule has 1 aromatic heterocycles. The van der Waals surface area contributed by atoms with E-state index in [1.807, 2.05) is 24.4 Å². The molecule has 0 fully saturated rings. The molecule has 0 amide bonds. The Labute approximate surface area is 175 Å². The fraction of sp³-hybridized carbons (Fsp3) is 0.0800. The van der Waals surface area contributed by atoms with Crippen molar-refractivity contribution in [3.05, 3.63) is 112 Å². The second-order valence-corrected chi connectivity index (χ2v) is 7.65. The summed E-state index contributed by atoms with van der Waals surface area (Å²) in [5.74, 6) is 0. The van der Waals surface area contributed by atoms with Crippen LogP contribution in [-0.4, -0.2) is 4.98 Å². The van der Waals surface area contributed by atoms with Crippen LogP contribution < -0.4 is 0 Å². The van der Waals surface area contributed by atoms with Crippen LogP contribution in [0.5, 0.6) is 0 Å². The van der Waals surface area contributed by atoms with Gasteiger partial charge in [0.1, 0.15) is 0 Å². The van der Waals surface area contributed by atoms with Crippen molar-refractivity contribution < 1.29 is 0 Å². The van der Waals surface area contributed by atoms with Crippen molar-refractivity contribution in [2.45, 2.75) is 12.8 Å². The minimum atomic E-state index is 0.675. The second-order valence-electron chi connectivity index (χ2n) is 6.78. The monoisotopic (exact) mass is 403 g/mol. The van der Waals surface area contributed by atoms with Crippen LogP contribution >= 0.6 is 23.2 Å². The van der Waals surface area contributed by atoms with Gasteiger partial charge >= 0.3 is 0 Å². The summed E-state index contributed by atoms with van der Waals surface area (Å²) in [7, 11) is 0. The van der Waals surface area contributed by atoms with Gasteiger partial charge in [-0.15, -0.1) is 0 Å². The molecule has 0 aliphatic rings. The topological polar surface area (TPSA) is 12.9 Å². The molecule has 1 nitrogen and oxygen atoms in total. The molecule has 4 aromatic rings. The van der Waals surface area contributed by atoms with Gasteiger partial charge in [-0.1, -0.05) is 77.8 Å². The number of hydrogen-bond acceptors (Lipinski definition) is 1. The molecule has 0 saturated carbocycles. The Bertz CT molecular complexity index is 1050. The van der Waals surface area contributed by atoms with Crippen LogP contribution in [0, 0.1) is 0 Å². The van der Waals surface area contributed by atoms with Gasteiger partial charge in [0.05, 0.1) is 5.69 Å². The lowest BCUT2D eigenvalue weighted by Gasteiger charge is -2.07. The summed E-state index contributed by atoms with van der Waals surface area (Å²) in [6, 6.07) is 28.8. The van der Waals surface area contributed by atoms with Crippen LogP contribution in [0.4, 0.5) is 0 Å². The van der Waals surface area contributed by atoms with Crippen molar-refractivity contribution in [3.8, 4) is 22.4 Å². The van der Waals surface area contributed by atoms with E-state index in [0.29, 0.717) is 10.0 Å². The first-order valence-electron chi connectivity index (χ1n) is 9.23. The van der Waals surface area contributed by atoms with Gasteiger partial charge in [-0.05, 0) is 65.4 Å². The summed E-state index contributed by atoms with van der Waals surface area (Å²) >= 11 is 12.2. The van der Waals surface area contributed by atoms with Gasteiger partial charge < -0.3 is 0 Å². The minimum Gasteiger partial charge on any atom is -0.256 e. The van der Waals surface area contributed by atoms with Crippen molar-refractivity contribution in [3.63, 3.8) is 0 Å². The number of rotatable bonds is 5. The zero-order valence-electron chi connectivity index (χ0n) is 15.3. The van der Waals surface area contributed by atoms with Crippen molar-refractivity contribution in [1.29, 1.82) is 0 Å². The summed E-state index contributed by atoms with van der Waals surface area (Å²) in [6.45, 7) is 0. The third-order valence-electron chi connectivity index (χ3n) is 4.71. The van der Waals surface area contributed by atoms with Crippen molar-refractivity contribution >= 4 is 23.2 Å². The lowest BCUT2D eigenvalue weighted by molar-refractivity contribution is 0.951. The third kappa shape index (κ3) is 4.62. The van der Waals surface area contributed by atoms with Crippen LogP contribution in [-0.2, 0) is 12.8 Å². The molecule has 3 heteroatoms. The Balaban J connectivity index is 1.49. The van der Waals surface area contributed by atoms with Gasteiger partial charge in [0.15, 0.2) is 0 Å². The molecule has 138 valence electrons. The number of hydrogen-bond donors (Lipinski definition) is 0. The molecular formula is C25H19Cl2N. The lowest BCUT2D eigenvalue weighted by Crippen LogP contribution is -1.93. The van der Waals surface area contributed by atoms with Crippen LogP contribution in [0.25, 0.3) is 22.4 Å². The number of halogens is 2. The molecule has 1 heterocycles. The van der Waals surface area contributed by atoms with Crippen LogP contribution in [0.15, 0.2) is 91.1 Å². The Morgan fingerprint density at radius 3 is 1.96 bits per heavy atom. The molecule has 0 unspecified atom stereocenters. The first kappa shape index (κ1) is 18.7. The van der Waals surface area contributed by atoms with Crippen LogP contribution in [0.2, 0.25) is 10.0 Å². The number of aromatic nitrogens is 1. The maximum atomic E-state index is 6.08. The summed E-state index contributed by atoms with van der Waals surface area (Å²) < 4.78 is 0. The highest BCUT2D eigenvalue weighted by Gasteiger charge is 2.04. The van der Waals surface area contributed by atoms with E-state index in [4.69, 9.17) is 23.2 Å². The number of nitrogens with zero attached hydrogens (tertiary/aromatic N) is 1. The van der Waals surface area contributed by atoms with E-state index >= 15 is 0 Å². The molecule has 0 bridgehead atoms. The van der Waals surface area contributed by atoms with E-state index in [-0.39, 0.29) is 0 Å². The quantitative estimate of drug-likeness (QED) is 0.335. The molecule has 0 atom stereocenters. The fourth-order valence-electron chi connectivity index (χ4n) is 3.28. The number of aryl methyl sites for hydroxylation is 2. The molecular weight excluding hydrogens is 385 g/mol. The van der Waals surface area contributed by atoms with Gasteiger partial charge in [0.2, 0.25) is 0 Å². The maximum Gasteiger partial charge on any atom is 0.0702 e. The van der Waals surface area contributed by atoms with Crippen molar-refractivity contribution in [2.75, 3.05) is 0 Å². The van der Waals surface area contributed by atoms with Gasteiger partial charge in [-0.2, -0.15) is 0 Å². The first-order chi connectivity index (χ1) is 13.7. The molecule has 4 rings (SSSR count). The molecule has 0 aliphatic heterocycles. The highest BCUT2D eigenvalue weighted by molar-refractivity contribution is 6.34. The number of pyridine rings is 1. The van der Waals surface area contributed by atoms with Crippen LogP contribution in [0.3, 0.4) is 0 Å². The largest absolute Gasteiger partial charge is 0.256 e. The van der Waals surface area contributed by atoms with Gasteiger partial charge in [0, 0.05) is 21.8 Å². The summed E-state index contributed by atoms with van der Waals surface area (Å²) in [4.78, 5) is 4.68. The molecule has 0 radical (unpaired) electrons. The summed E-state index contributed by atoms with van der Waals surface area (Å²) in [6.07, 6.45) is 3.73. The fourth-order valence-corrected chi connectivity index (χ4v) is 3.85. The Kier molecular flexibility index (Phi) is 5.76. The normalized spacial score (nSPS) is 10.8. The predicted octanol–water partition coefficient (Wildman–Crippen LogP) is 7.51. The van der Waals surface area contributed by atoms with Crippen molar-refractivity contribution in [2.24, 2.45) is 0 Å². The number of benzene rings is 3. The van der Waals surface area contributed by atoms with E-state index in [2.05, 4.69) is 65.6 Å². The van der Waals surface area contributed by atoms with E-state index < -0.39 is 0 Å². The van der Waals surface area contributed by atoms with Crippen molar-refractivity contribution in [1.82, 2.24) is 4.98 Å². The highest BCUT2D eigenvalue weighted by Crippen LogP contribution is 2.25. The molecule has 28 heavy (non-hydrogen) atoms. The zero-order chi connectivity index (χ0) is 19.3. The molecule has 0 spiro atoms. The zero-order valence-corrected chi connectivity index (χ0v) is 16.8. The van der Waals surface area contributed by atoms with E-state index in [9.17, 15) is 0 Å². The molecule has 0 saturated heterocycles. The first-order valence-corrected chi connectivity index (χ1v) is 9.99. The molecule has 0 N–H and O–H groups in total. The average molecular weight is 404 g/mol. The van der Waals surface area contributed by atoms with Crippen LogP contribution in [0.1, 0.15) is 11.1 Å². The highest BCUT2D eigenvalue weighted by atomic mass is 35.5.